The lowest BCUT2D eigenvalue weighted by molar-refractivity contribution is -0.119. The number of rotatable bonds is 6. The van der Waals surface area contributed by atoms with E-state index in [1.165, 1.54) is 18.2 Å². The Kier molecular flexibility index (Phi) is 5.67. The molecule has 0 spiro atoms. The number of nitriles is 1. The van der Waals surface area contributed by atoms with Crippen LogP contribution in [0.2, 0.25) is 0 Å². The van der Waals surface area contributed by atoms with E-state index in [4.69, 9.17) is 5.26 Å². The Morgan fingerprint density at radius 1 is 1.40 bits per heavy atom. The van der Waals surface area contributed by atoms with Crippen LogP contribution >= 0.6 is 0 Å². The van der Waals surface area contributed by atoms with E-state index >= 15 is 0 Å². The van der Waals surface area contributed by atoms with Crippen molar-refractivity contribution in [3.05, 3.63) is 29.3 Å². The summed E-state index contributed by atoms with van der Waals surface area (Å²) in [5.41, 5.74) is 0.996. The number of sulfonamides is 1. The summed E-state index contributed by atoms with van der Waals surface area (Å²) in [6, 6.07) is 6.17. The fourth-order valence-electron chi connectivity index (χ4n) is 1.50. The molecule has 1 aromatic carbocycles. The fourth-order valence-corrected chi connectivity index (χ4v) is 2.57. The number of carbonyl (C=O) groups excluding carboxylic acids is 1. The summed E-state index contributed by atoms with van der Waals surface area (Å²) in [5.74, 6) is -0.374. The van der Waals surface area contributed by atoms with E-state index in [0.29, 0.717) is 17.7 Å². The van der Waals surface area contributed by atoms with E-state index < -0.39 is 10.0 Å². The number of hydrogen-bond donors (Lipinski definition) is 2. The van der Waals surface area contributed by atoms with E-state index in [1.54, 1.807) is 6.92 Å². The van der Waals surface area contributed by atoms with E-state index in [-0.39, 0.29) is 17.3 Å². The summed E-state index contributed by atoms with van der Waals surface area (Å²) >= 11 is 0. The molecule has 0 aliphatic rings. The Hall–Kier alpha value is -1.91. The second-order valence-electron chi connectivity index (χ2n) is 4.26. The third-order valence-electron chi connectivity index (χ3n) is 2.62. The van der Waals surface area contributed by atoms with Crippen molar-refractivity contribution in [3.8, 4) is 6.07 Å². The molecule has 0 fully saturated rings. The molecule has 0 aromatic heterocycles. The van der Waals surface area contributed by atoms with Crippen LogP contribution in [-0.4, -0.2) is 27.4 Å². The molecule has 7 heteroatoms. The first-order chi connectivity index (χ1) is 9.40. The number of nitrogens with one attached hydrogen (secondary N) is 2. The molecular formula is C13H17N3O3S. The highest BCUT2D eigenvalue weighted by Gasteiger charge is 2.16. The van der Waals surface area contributed by atoms with Crippen LogP contribution in [0.5, 0.6) is 0 Å². The maximum absolute atomic E-state index is 12.0. The van der Waals surface area contributed by atoms with Gasteiger partial charge in [0.1, 0.15) is 0 Å². The van der Waals surface area contributed by atoms with Crippen LogP contribution in [0.1, 0.15) is 24.5 Å². The van der Waals surface area contributed by atoms with Gasteiger partial charge in [0.05, 0.1) is 23.1 Å². The molecule has 0 aliphatic heterocycles. The fraction of sp³-hybridized carbons (Fsp3) is 0.385. The highest BCUT2D eigenvalue weighted by Crippen LogP contribution is 2.14. The first-order valence-corrected chi connectivity index (χ1v) is 7.66. The second-order valence-corrected chi connectivity index (χ2v) is 6.03. The quantitative estimate of drug-likeness (QED) is 0.805. The molecular weight excluding hydrogens is 278 g/mol. The summed E-state index contributed by atoms with van der Waals surface area (Å²) in [7, 11) is -3.75. The lowest BCUT2D eigenvalue weighted by Crippen LogP contribution is -2.37. The topological polar surface area (TPSA) is 99.1 Å². The lowest BCUT2D eigenvalue weighted by atomic mass is 10.1. The Morgan fingerprint density at radius 2 is 2.10 bits per heavy atom. The standard InChI is InChI=1S/C13H17N3O3S/c1-3-6-15-13(17)9-16-20(18,19)12-5-4-11(8-14)10(2)7-12/h4-5,7,16H,3,6,9H2,1-2H3,(H,15,17). The van der Waals surface area contributed by atoms with Gasteiger partial charge in [0.2, 0.25) is 15.9 Å². The van der Waals surface area contributed by atoms with Gasteiger partial charge in [0, 0.05) is 6.54 Å². The molecule has 108 valence electrons. The zero-order chi connectivity index (χ0) is 15.2. The summed E-state index contributed by atoms with van der Waals surface area (Å²) in [5, 5.41) is 11.4. The zero-order valence-corrected chi connectivity index (χ0v) is 12.3. The Morgan fingerprint density at radius 3 is 2.65 bits per heavy atom. The third-order valence-corrected chi connectivity index (χ3v) is 4.02. The van der Waals surface area contributed by atoms with Gasteiger partial charge in [-0.2, -0.15) is 5.26 Å². The summed E-state index contributed by atoms with van der Waals surface area (Å²) < 4.78 is 26.2. The third kappa shape index (κ3) is 4.33. The average molecular weight is 295 g/mol. The molecule has 0 atom stereocenters. The largest absolute Gasteiger partial charge is 0.355 e. The zero-order valence-electron chi connectivity index (χ0n) is 11.4. The van der Waals surface area contributed by atoms with E-state index in [0.717, 1.165) is 6.42 Å². The Bertz CT molecular complexity index is 633. The average Bonchev–Trinajstić information content (AvgIpc) is 2.42. The van der Waals surface area contributed by atoms with Gasteiger partial charge in [-0.05, 0) is 37.1 Å². The molecule has 0 aliphatic carbocycles. The molecule has 0 radical (unpaired) electrons. The first-order valence-electron chi connectivity index (χ1n) is 6.18. The number of hydrogen-bond acceptors (Lipinski definition) is 4. The van der Waals surface area contributed by atoms with Gasteiger partial charge >= 0.3 is 0 Å². The minimum absolute atomic E-state index is 0.0392. The summed E-state index contributed by atoms with van der Waals surface area (Å²) in [6.07, 6.45) is 0.785. The molecule has 1 aromatic rings. The van der Waals surface area contributed by atoms with Crippen LogP contribution in [0.25, 0.3) is 0 Å². The molecule has 0 bridgehead atoms. The molecule has 0 heterocycles. The minimum Gasteiger partial charge on any atom is -0.355 e. The first kappa shape index (κ1) is 16.1. The molecule has 6 nitrogen and oxygen atoms in total. The van der Waals surface area contributed by atoms with Crippen LogP contribution in [0.15, 0.2) is 23.1 Å². The van der Waals surface area contributed by atoms with Crippen molar-refractivity contribution in [2.24, 2.45) is 0 Å². The minimum atomic E-state index is -3.75. The number of carbonyl (C=O) groups is 1. The van der Waals surface area contributed by atoms with Crippen LogP contribution in [-0.2, 0) is 14.8 Å². The SMILES string of the molecule is CCCNC(=O)CNS(=O)(=O)c1ccc(C#N)c(C)c1. The van der Waals surface area contributed by atoms with E-state index in [2.05, 4.69) is 10.0 Å². The highest BCUT2D eigenvalue weighted by atomic mass is 32.2. The van der Waals surface area contributed by atoms with Gasteiger partial charge in [0.25, 0.3) is 0 Å². The predicted molar refractivity (Wildman–Crippen MR) is 74.4 cm³/mol. The molecule has 0 unspecified atom stereocenters. The van der Waals surface area contributed by atoms with Crippen molar-refractivity contribution in [3.63, 3.8) is 0 Å². The normalized spacial score (nSPS) is 10.8. The van der Waals surface area contributed by atoms with Gasteiger partial charge in [-0.1, -0.05) is 6.92 Å². The number of nitrogens with zero attached hydrogens (tertiary/aromatic N) is 1. The Labute approximate surface area is 118 Å². The van der Waals surface area contributed by atoms with Crippen molar-refractivity contribution >= 4 is 15.9 Å². The van der Waals surface area contributed by atoms with Crippen molar-refractivity contribution in [2.75, 3.05) is 13.1 Å². The maximum Gasteiger partial charge on any atom is 0.241 e. The molecule has 2 N–H and O–H groups in total. The highest BCUT2D eigenvalue weighted by molar-refractivity contribution is 7.89. The molecule has 0 saturated carbocycles. The van der Waals surface area contributed by atoms with Crippen LogP contribution in [0, 0.1) is 18.3 Å². The second kappa shape index (κ2) is 7.03. The molecule has 1 rings (SSSR count). The number of amides is 1. The van der Waals surface area contributed by atoms with Crippen molar-refractivity contribution < 1.29 is 13.2 Å². The van der Waals surface area contributed by atoms with Crippen molar-refractivity contribution in [1.82, 2.24) is 10.0 Å². The van der Waals surface area contributed by atoms with Gasteiger partial charge in [-0.25, -0.2) is 13.1 Å². The van der Waals surface area contributed by atoms with Crippen LogP contribution in [0.3, 0.4) is 0 Å². The monoisotopic (exact) mass is 295 g/mol. The number of aryl methyl sites for hydroxylation is 1. The summed E-state index contributed by atoms with van der Waals surface area (Å²) in [4.78, 5) is 11.4. The van der Waals surface area contributed by atoms with Gasteiger partial charge in [0.15, 0.2) is 0 Å². The molecule has 20 heavy (non-hydrogen) atoms. The van der Waals surface area contributed by atoms with Crippen molar-refractivity contribution in [1.29, 1.82) is 5.26 Å². The van der Waals surface area contributed by atoms with Crippen LogP contribution < -0.4 is 10.0 Å². The summed E-state index contributed by atoms with van der Waals surface area (Å²) in [6.45, 7) is 3.77. The van der Waals surface area contributed by atoms with Crippen LogP contribution in [0.4, 0.5) is 0 Å². The Balaban J connectivity index is 2.77. The smallest absolute Gasteiger partial charge is 0.241 e. The van der Waals surface area contributed by atoms with Gasteiger partial charge in [-0.3, -0.25) is 4.79 Å². The van der Waals surface area contributed by atoms with E-state index in [1.807, 2.05) is 13.0 Å². The van der Waals surface area contributed by atoms with Gasteiger partial charge in [-0.15, -0.1) is 0 Å². The lowest BCUT2D eigenvalue weighted by Gasteiger charge is -2.08. The molecule has 1 amide bonds. The molecule has 0 saturated heterocycles. The predicted octanol–water partition coefficient (Wildman–Crippen LogP) is 0.671. The number of benzene rings is 1. The van der Waals surface area contributed by atoms with Crippen molar-refractivity contribution in [2.45, 2.75) is 25.2 Å². The maximum atomic E-state index is 12.0. The van der Waals surface area contributed by atoms with Gasteiger partial charge < -0.3 is 5.32 Å². The van der Waals surface area contributed by atoms with E-state index in [9.17, 15) is 13.2 Å².